The molecule has 1 unspecified atom stereocenters. The molecule has 110 valence electrons. The molecule has 4 heteroatoms. The van der Waals surface area contributed by atoms with Crippen molar-refractivity contribution < 1.29 is 13.9 Å². The molecule has 0 spiro atoms. The Bertz CT molecular complexity index is 671. The first-order chi connectivity index (χ1) is 10.1. The highest BCUT2D eigenvalue weighted by Gasteiger charge is 2.28. The van der Waals surface area contributed by atoms with E-state index in [1.807, 2.05) is 0 Å². The number of rotatable bonds is 5. The summed E-state index contributed by atoms with van der Waals surface area (Å²) < 4.78 is 18.2. The minimum Gasteiger partial charge on any atom is -0.508 e. The normalized spacial score (nSPS) is 15.9. The third kappa shape index (κ3) is 3.72. The number of aromatic hydroxyl groups is 1. The quantitative estimate of drug-likeness (QED) is 0.914. The molecule has 1 heterocycles. The molecule has 1 saturated carbocycles. The fourth-order valence-electron chi connectivity index (χ4n) is 2.65. The van der Waals surface area contributed by atoms with Crippen molar-refractivity contribution in [3.63, 3.8) is 0 Å². The van der Waals surface area contributed by atoms with Crippen molar-refractivity contribution in [1.29, 1.82) is 0 Å². The van der Waals surface area contributed by atoms with E-state index in [-0.39, 0.29) is 17.5 Å². The standard InChI is InChI=1S/C17H17FO3/c18-14-5-3-12(4-6-14)8-13(7-11-1-2-11)16-9-15(19)10-17(20)21-16/h3-6,9-11,13,19H,1-2,7-8H2. The highest BCUT2D eigenvalue weighted by atomic mass is 19.1. The Balaban J connectivity index is 1.85. The van der Waals surface area contributed by atoms with Crippen LogP contribution in [0.4, 0.5) is 4.39 Å². The molecule has 1 aromatic heterocycles. The molecule has 2 aromatic rings. The molecule has 0 bridgehead atoms. The molecule has 1 N–H and O–H groups in total. The average Bonchev–Trinajstić information content (AvgIpc) is 3.23. The second-order valence-corrected chi connectivity index (χ2v) is 5.74. The van der Waals surface area contributed by atoms with Gasteiger partial charge in [0.25, 0.3) is 0 Å². The lowest BCUT2D eigenvalue weighted by atomic mass is 9.91. The Kier molecular flexibility index (Phi) is 3.78. The van der Waals surface area contributed by atoms with Crippen LogP contribution >= 0.6 is 0 Å². The topological polar surface area (TPSA) is 50.4 Å². The van der Waals surface area contributed by atoms with E-state index in [2.05, 4.69) is 0 Å². The van der Waals surface area contributed by atoms with Gasteiger partial charge < -0.3 is 9.52 Å². The molecule has 1 atom stereocenters. The van der Waals surface area contributed by atoms with E-state index in [1.54, 1.807) is 12.1 Å². The summed E-state index contributed by atoms with van der Waals surface area (Å²) in [6, 6.07) is 8.93. The molecule has 3 rings (SSSR count). The van der Waals surface area contributed by atoms with Gasteiger partial charge in [0.2, 0.25) is 0 Å². The number of halogens is 1. The van der Waals surface area contributed by atoms with Gasteiger partial charge in [-0.15, -0.1) is 0 Å². The summed E-state index contributed by atoms with van der Waals surface area (Å²) in [6.45, 7) is 0. The van der Waals surface area contributed by atoms with Crippen LogP contribution in [0.15, 0.2) is 45.6 Å². The first kappa shape index (κ1) is 13.9. The zero-order chi connectivity index (χ0) is 14.8. The molecule has 1 aromatic carbocycles. The maximum absolute atomic E-state index is 13.0. The Morgan fingerprint density at radius 1 is 1.24 bits per heavy atom. The highest BCUT2D eigenvalue weighted by molar-refractivity contribution is 5.24. The van der Waals surface area contributed by atoms with E-state index >= 15 is 0 Å². The van der Waals surface area contributed by atoms with Crippen LogP contribution in [0.25, 0.3) is 0 Å². The van der Waals surface area contributed by atoms with Gasteiger partial charge in [0.05, 0.1) is 6.07 Å². The molecular formula is C17H17FO3. The van der Waals surface area contributed by atoms with Gasteiger partial charge in [0.1, 0.15) is 17.3 Å². The minimum atomic E-state index is -0.537. The summed E-state index contributed by atoms with van der Waals surface area (Å²) in [5.41, 5.74) is 0.456. The molecule has 3 nitrogen and oxygen atoms in total. The predicted molar refractivity (Wildman–Crippen MR) is 76.8 cm³/mol. The van der Waals surface area contributed by atoms with E-state index in [0.717, 1.165) is 18.1 Å². The maximum Gasteiger partial charge on any atom is 0.339 e. The summed E-state index contributed by atoms with van der Waals surface area (Å²) in [5.74, 6) is 0.865. The van der Waals surface area contributed by atoms with Gasteiger partial charge in [-0.3, -0.25) is 0 Å². The lowest BCUT2D eigenvalue weighted by Crippen LogP contribution is -2.08. The average molecular weight is 288 g/mol. The van der Waals surface area contributed by atoms with Crippen LogP contribution in [0.3, 0.4) is 0 Å². The Labute approximate surface area is 122 Å². The monoisotopic (exact) mass is 288 g/mol. The molecular weight excluding hydrogens is 271 g/mol. The molecule has 0 aliphatic heterocycles. The van der Waals surface area contributed by atoms with E-state index in [1.165, 1.54) is 31.0 Å². The van der Waals surface area contributed by atoms with Crippen LogP contribution < -0.4 is 5.63 Å². The fraction of sp³-hybridized carbons (Fsp3) is 0.353. The van der Waals surface area contributed by atoms with Gasteiger partial charge in [-0.2, -0.15) is 0 Å². The van der Waals surface area contributed by atoms with Gasteiger partial charge >= 0.3 is 5.63 Å². The Hall–Kier alpha value is -2.10. The van der Waals surface area contributed by atoms with Crippen LogP contribution in [-0.4, -0.2) is 5.11 Å². The maximum atomic E-state index is 13.0. The van der Waals surface area contributed by atoms with E-state index in [0.29, 0.717) is 18.1 Å². The number of benzene rings is 1. The van der Waals surface area contributed by atoms with Crippen LogP contribution in [0, 0.1) is 11.7 Å². The number of hydrogen-bond acceptors (Lipinski definition) is 3. The van der Waals surface area contributed by atoms with Gasteiger partial charge in [0, 0.05) is 12.0 Å². The van der Waals surface area contributed by atoms with Crippen molar-refractivity contribution in [2.75, 3.05) is 0 Å². The molecule has 1 aliphatic carbocycles. The van der Waals surface area contributed by atoms with Crippen molar-refractivity contribution in [2.24, 2.45) is 5.92 Å². The molecule has 0 amide bonds. The molecule has 0 saturated heterocycles. The van der Waals surface area contributed by atoms with Crippen LogP contribution in [0.1, 0.15) is 36.5 Å². The molecule has 0 radical (unpaired) electrons. The largest absolute Gasteiger partial charge is 0.508 e. The third-order valence-electron chi connectivity index (χ3n) is 3.89. The summed E-state index contributed by atoms with van der Waals surface area (Å²) in [4.78, 5) is 11.4. The zero-order valence-electron chi connectivity index (χ0n) is 11.6. The lowest BCUT2D eigenvalue weighted by molar-refractivity contribution is 0.383. The zero-order valence-corrected chi connectivity index (χ0v) is 11.6. The molecule has 1 fully saturated rings. The first-order valence-corrected chi connectivity index (χ1v) is 7.18. The van der Waals surface area contributed by atoms with Crippen molar-refractivity contribution in [3.8, 4) is 5.75 Å². The Morgan fingerprint density at radius 3 is 2.57 bits per heavy atom. The van der Waals surface area contributed by atoms with Gasteiger partial charge in [-0.05, 0) is 36.5 Å². The van der Waals surface area contributed by atoms with Crippen LogP contribution in [0.5, 0.6) is 5.75 Å². The van der Waals surface area contributed by atoms with Crippen molar-refractivity contribution in [1.82, 2.24) is 0 Å². The van der Waals surface area contributed by atoms with Crippen molar-refractivity contribution in [3.05, 3.63) is 64.0 Å². The van der Waals surface area contributed by atoms with Gasteiger partial charge in [-0.25, -0.2) is 9.18 Å². The molecule has 21 heavy (non-hydrogen) atoms. The second-order valence-electron chi connectivity index (χ2n) is 5.74. The highest BCUT2D eigenvalue weighted by Crippen LogP contribution is 2.40. The van der Waals surface area contributed by atoms with Crippen molar-refractivity contribution in [2.45, 2.75) is 31.6 Å². The van der Waals surface area contributed by atoms with Crippen LogP contribution in [-0.2, 0) is 6.42 Å². The SMILES string of the molecule is O=c1cc(O)cc(C(Cc2ccc(F)cc2)CC2CC2)o1. The summed E-state index contributed by atoms with van der Waals surface area (Å²) in [6.07, 6.45) is 3.98. The summed E-state index contributed by atoms with van der Waals surface area (Å²) in [5, 5.41) is 9.59. The van der Waals surface area contributed by atoms with Gasteiger partial charge in [0.15, 0.2) is 0 Å². The van der Waals surface area contributed by atoms with E-state index in [4.69, 9.17) is 4.42 Å². The number of hydrogen-bond donors (Lipinski definition) is 1. The van der Waals surface area contributed by atoms with E-state index < -0.39 is 5.63 Å². The Morgan fingerprint density at radius 2 is 1.95 bits per heavy atom. The second kappa shape index (κ2) is 5.72. The van der Waals surface area contributed by atoms with Crippen molar-refractivity contribution >= 4 is 0 Å². The summed E-state index contributed by atoms with van der Waals surface area (Å²) >= 11 is 0. The predicted octanol–water partition coefficient (Wildman–Crippen LogP) is 3.61. The van der Waals surface area contributed by atoms with E-state index in [9.17, 15) is 14.3 Å². The van der Waals surface area contributed by atoms with Crippen LogP contribution in [0.2, 0.25) is 0 Å². The lowest BCUT2D eigenvalue weighted by Gasteiger charge is -2.16. The molecule has 1 aliphatic rings. The fourth-order valence-corrected chi connectivity index (χ4v) is 2.65. The third-order valence-corrected chi connectivity index (χ3v) is 3.89. The summed E-state index contributed by atoms with van der Waals surface area (Å²) in [7, 11) is 0. The first-order valence-electron chi connectivity index (χ1n) is 7.18. The smallest absolute Gasteiger partial charge is 0.339 e. The minimum absolute atomic E-state index is 0.0303. The van der Waals surface area contributed by atoms with Gasteiger partial charge in [-0.1, -0.05) is 25.0 Å².